The fourth-order valence-corrected chi connectivity index (χ4v) is 4.61. The van der Waals surface area contributed by atoms with Gasteiger partial charge in [0.05, 0.1) is 31.1 Å². The van der Waals surface area contributed by atoms with Crippen molar-refractivity contribution in [2.45, 2.75) is 37.6 Å². The molecule has 0 bridgehead atoms. The Bertz CT molecular complexity index is 1090. The minimum absolute atomic E-state index is 0.225. The van der Waals surface area contributed by atoms with E-state index in [1.807, 2.05) is 0 Å². The number of halogens is 1. The van der Waals surface area contributed by atoms with Crippen molar-refractivity contribution in [3.8, 4) is 0 Å². The minimum atomic E-state index is -1.44. The number of anilines is 1. The van der Waals surface area contributed by atoms with Crippen molar-refractivity contribution in [1.82, 2.24) is 19.9 Å². The Kier molecular flexibility index (Phi) is 5.14. The molecule has 3 atom stereocenters. The Morgan fingerprint density at radius 1 is 1.38 bits per heavy atom. The molecule has 0 spiro atoms. The summed E-state index contributed by atoms with van der Waals surface area (Å²) in [6.07, 6.45) is 3.59. The molecule has 1 aromatic heterocycles. The SMILES string of the molecule is O=C(C(O)CO)N1CC=C(c2cc3c(cc2F)N2C(=O)O[C@@H](Cn4ccnn4)[C@@H]2C3)CC1. The predicted molar refractivity (Wildman–Crippen MR) is 109 cm³/mol. The number of amides is 2. The zero-order valence-corrected chi connectivity index (χ0v) is 17.1. The number of hydrogen-bond acceptors (Lipinski definition) is 7. The monoisotopic (exact) mass is 443 g/mol. The van der Waals surface area contributed by atoms with Crippen molar-refractivity contribution in [2.75, 3.05) is 24.6 Å². The third kappa shape index (κ3) is 3.43. The molecule has 1 unspecified atom stereocenters. The Balaban J connectivity index is 1.36. The van der Waals surface area contributed by atoms with Crippen LogP contribution in [0, 0.1) is 5.82 Å². The van der Waals surface area contributed by atoms with Crippen LogP contribution in [-0.2, 0) is 22.5 Å². The first kappa shape index (κ1) is 20.6. The van der Waals surface area contributed by atoms with Gasteiger partial charge in [0.25, 0.3) is 5.91 Å². The van der Waals surface area contributed by atoms with E-state index in [9.17, 15) is 14.7 Å². The molecule has 2 N–H and O–H groups in total. The summed E-state index contributed by atoms with van der Waals surface area (Å²) in [6, 6.07) is 2.90. The minimum Gasteiger partial charge on any atom is -0.442 e. The van der Waals surface area contributed by atoms with Crippen LogP contribution >= 0.6 is 0 Å². The average Bonchev–Trinajstić information content (AvgIpc) is 3.51. The normalized spacial score (nSPS) is 23.0. The number of nitrogens with zero attached hydrogens (tertiary/aromatic N) is 5. The van der Waals surface area contributed by atoms with E-state index >= 15 is 4.39 Å². The summed E-state index contributed by atoms with van der Waals surface area (Å²) in [5.41, 5.74) is 2.59. The first-order valence-corrected chi connectivity index (χ1v) is 10.4. The fraction of sp³-hybridized carbons (Fsp3) is 0.429. The molecule has 2 amide bonds. The molecule has 4 heterocycles. The van der Waals surface area contributed by atoms with Gasteiger partial charge in [0.1, 0.15) is 11.9 Å². The lowest BCUT2D eigenvalue weighted by Crippen LogP contribution is -2.42. The Morgan fingerprint density at radius 3 is 2.91 bits per heavy atom. The number of carbonyl (C=O) groups excluding carboxylic acids is 2. The number of aromatic nitrogens is 3. The third-order valence-corrected chi connectivity index (χ3v) is 6.23. The first-order valence-electron chi connectivity index (χ1n) is 10.4. The summed E-state index contributed by atoms with van der Waals surface area (Å²) < 4.78 is 22.2. The van der Waals surface area contributed by atoms with Crippen LogP contribution in [0.15, 0.2) is 30.6 Å². The van der Waals surface area contributed by atoms with Crippen LogP contribution in [0.4, 0.5) is 14.9 Å². The van der Waals surface area contributed by atoms with Crippen molar-refractivity contribution in [3.63, 3.8) is 0 Å². The van der Waals surface area contributed by atoms with E-state index in [-0.39, 0.29) is 12.6 Å². The van der Waals surface area contributed by atoms with Gasteiger partial charge in [0, 0.05) is 24.8 Å². The lowest BCUT2D eigenvalue weighted by molar-refractivity contribution is -0.141. The van der Waals surface area contributed by atoms with Gasteiger partial charge in [-0.15, -0.1) is 5.10 Å². The van der Waals surface area contributed by atoms with E-state index < -0.39 is 36.6 Å². The van der Waals surface area contributed by atoms with E-state index in [1.54, 1.807) is 29.2 Å². The highest BCUT2D eigenvalue weighted by atomic mass is 19.1. The van der Waals surface area contributed by atoms with Crippen molar-refractivity contribution < 1.29 is 28.9 Å². The van der Waals surface area contributed by atoms with Crippen LogP contribution in [0.3, 0.4) is 0 Å². The van der Waals surface area contributed by atoms with Gasteiger partial charge in [-0.1, -0.05) is 11.3 Å². The van der Waals surface area contributed by atoms with Crippen LogP contribution in [0.5, 0.6) is 0 Å². The van der Waals surface area contributed by atoms with Gasteiger partial charge >= 0.3 is 6.09 Å². The summed E-state index contributed by atoms with van der Waals surface area (Å²) in [5.74, 6) is -0.992. The highest BCUT2D eigenvalue weighted by molar-refractivity contribution is 5.94. The molecule has 0 radical (unpaired) electrons. The maximum absolute atomic E-state index is 15.1. The van der Waals surface area contributed by atoms with Crippen LogP contribution in [0.1, 0.15) is 17.5 Å². The Hall–Kier alpha value is -3.31. The smallest absolute Gasteiger partial charge is 0.415 e. The highest BCUT2D eigenvalue weighted by Gasteiger charge is 2.48. The molecule has 168 valence electrons. The molecule has 1 saturated heterocycles. The number of carbonyl (C=O) groups is 2. The topological polar surface area (TPSA) is 121 Å². The van der Waals surface area contributed by atoms with Gasteiger partial charge in [-0.3, -0.25) is 9.69 Å². The molecule has 0 saturated carbocycles. The van der Waals surface area contributed by atoms with Gasteiger partial charge in [-0.2, -0.15) is 0 Å². The molecule has 5 rings (SSSR count). The Labute approximate surface area is 182 Å². The van der Waals surface area contributed by atoms with Gasteiger partial charge < -0.3 is 19.8 Å². The van der Waals surface area contributed by atoms with Crippen LogP contribution in [0.25, 0.3) is 5.57 Å². The lowest BCUT2D eigenvalue weighted by atomic mass is 9.95. The predicted octanol–water partition coefficient (Wildman–Crippen LogP) is 0.336. The molecule has 11 heteroatoms. The number of rotatable bonds is 5. The quantitative estimate of drug-likeness (QED) is 0.683. The van der Waals surface area contributed by atoms with Gasteiger partial charge in [0.15, 0.2) is 6.10 Å². The van der Waals surface area contributed by atoms with Crippen LogP contribution in [0.2, 0.25) is 0 Å². The number of fused-ring (bicyclic) bond motifs is 3. The molecular formula is C21H22FN5O5. The second-order valence-electron chi connectivity index (χ2n) is 8.11. The van der Waals surface area contributed by atoms with Crippen LogP contribution < -0.4 is 4.90 Å². The van der Waals surface area contributed by atoms with E-state index in [0.29, 0.717) is 37.2 Å². The molecule has 3 aliphatic rings. The van der Waals surface area contributed by atoms with Gasteiger partial charge in [0.2, 0.25) is 0 Å². The van der Waals surface area contributed by atoms with E-state index in [2.05, 4.69) is 10.3 Å². The van der Waals surface area contributed by atoms with Gasteiger partial charge in [-0.25, -0.2) is 13.9 Å². The largest absolute Gasteiger partial charge is 0.442 e. The summed E-state index contributed by atoms with van der Waals surface area (Å²) in [5, 5.41) is 26.2. The number of aliphatic hydroxyl groups is 2. The van der Waals surface area contributed by atoms with Crippen molar-refractivity contribution >= 4 is 23.3 Å². The van der Waals surface area contributed by atoms with E-state index in [0.717, 1.165) is 11.1 Å². The van der Waals surface area contributed by atoms with Crippen molar-refractivity contribution in [1.29, 1.82) is 0 Å². The zero-order valence-electron chi connectivity index (χ0n) is 17.1. The lowest BCUT2D eigenvalue weighted by Gasteiger charge is -2.28. The van der Waals surface area contributed by atoms with Crippen LogP contribution in [-0.4, -0.2) is 80.1 Å². The van der Waals surface area contributed by atoms with Gasteiger partial charge in [-0.05, 0) is 36.1 Å². The summed E-state index contributed by atoms with van der Waals surface area (Å²) in [4.78, 5) is 27.5. The Morgan fingerprint density at radius 2 is 2.22 bits per heavy atom. The molecular weight excluding hydrogens is 421 g/mol. The second-order valence-corrected chi connectivity index (χ2v) is 8.11. The molecule has 1 fully saturated rings. The van der Waals surface area contributed by atoms with Crippen molar-refractivity contribution in [2.24, 2.45) is 0 Å². The molecule has 1 aromatic carbocycles. The third-order valence-electron chi connectivity index (χ3n) is 6.23. The van der Waals surface area contributed by atoms with E-state index in [4.69, 9.17) is 9.84 Å². The summed E-state index contributed by atoms with van der Waals surface area (Å²) in [7, 11) is 0. The molecule has 3 aliphatic heterocycles. The fourth-order valence-electron chi connectivity index (χ4n) is 4.61. The maximum Gasteiger partial charge on any atom is 0.415 e. The standard InChI is InChI=1S/C21H22FN5O5/c22-15-9-16-13(7-14(15)12-1-4-25(5-2-12)20(30)18(29)11-28)8-17-19(32-21(31)27(16)17)10-26-6-3-23-24-26/h1,3,6-7,9,17-19,28-29H,2,4-5,8,10-11H2/t17-,18?,19-/m0/s1. The second kappa shape index (κ2) is 7.99. The number of hydrogen-bond donors (Lipinski definition) is 2. The molecule has 0 aliphatic carbocycles. The van der Waals surface area contributed by atoms with Crippen molar-refractivity contribution in [3.05, 3.63) is 47.5 Å². The van der Waals surface area contributed by atoms with E-state index in [1.165, 1.54) is 15.9 Å². The number of aliphatic hydroxyl groups excluding tert-OH is 2. The summed E-state index contributed by atoms with van der Waals surface area (Å²) >= 11 is 0. The zero-order chi connectivity index (χ0) is 22.4. The molecule has 32 heavy (non-hydrogen) atoms. The summed E-state index contributed by atoms with van der Waals surface area (Å²) in [6.45, 7) is 0.274. The highest BCUT2D eigenvalue weighted by Crippen LogP contribution is 2.41. The molecule has 2 aromatic rings. The first-order chi connectivity index (χ1) is 15.5. The maximum atomic E-state index is 15.1. The average molecular weight is 443 g/mol. The number of benzene rings is 1. The number of cyclic esters (lactones) is 1. The number of ether oxygens (including phenoxy) is 1. The molecule has 10 nitrogen and oxygen atoms in total.